The third-order valence-corrected chi connectivity index (χ3v) is 2.72. The van der Waals surface area contributed by atoms with Crippen molar-refractivity contribution in [3.8, 4) is 17.2 Å². The van der Waals surface area contributed by atoms with Crippen LogP contribution in [0, 0.1) is 5.82 Å². The molecule has 0 amide bonds. The van der Waals surface area contributed by atoms with Crippen molar-refractivity contribution in [2.24, 2.45) is 5.73 Å². The van der Waals surface area contributed by atoms with Crippen molar-refractivity contribution in [3.63, 3.8) is 0 Å². The third kappa shape index (κ3) is 3.23. The molecule has 0 radical (unpaired) electrons. The van der Waals surface area contributed by atoms with Crippen molar-refractivity contribution in [2.45, 2.75) is 6.42 Å². The van der Waals surface area contributed by atoms with Crippen LogP contribution in [0.3, 0.4) is 0 Å². The number of ether oxygens (including phenoxy) is 2. The molecule has 2 aromatic rings. The zero-order chi connectivity index (χ0) is 13.7. The molecule has 2 aromatic carbocycles. The molecule has 4 heteroatoms. The van der Waals surface area contributed by atoms with Crippen LogP contribution in [0.25, 0.3) is 0 Å². The predicted molar refractivity (Wildman–Crippen MR) is 72.2 cm³/mol. The largest absolute Gasteiger partial charge is 0.497 e. The zero-order valence-electron chi connectivity index (χ0n) is 10.7. The Morgan fingerprint density at radius 1 is 1.11 bits per heavy atom. The van der Waals surface area contributed by atoms with Crippen LogP contribution in [0.5, 0.6) is 17.2 Å². The van der Waals surface area contributed by atoms with Crippen LogP contribution in [-0.2, 0) is 6.42 Å². The van der Waals surface area contributed by atoms with E-state index in [9.17, 15) is 4.39 Å². The summed E-state index contributed by atoms with van der Waals surface area (Å²) < 4.78 is 24.6. The minimum atomic E-state index is -0.395. The SMILES string of the molecule is COc1cccc(Oc2c(F)cccc2CCN)c1. The van der Waals surface area contributed by atoms with Gasteiger partial charge in [-0.3, -0.25) is 0 Å². The number of hydrogen-bond acceptors (Lipinski definition) is 3. The molecule has 0 aliphatic heterocycles. The summed E-state index contributed by atoms with van der Waals surface area (Å²) in [6.07, 6.45) is 0.567. The first-order valence-electron chi connectivity index (χ1n) is 6.04. The molecule has 2 N–H and O–H groups in total. The molecule has 19 heavy (non-hydrogen) atoms. The quantitative estimate of drug-likeness (QED) is 0.899. The summed E-state index contributed by atoms with van der Waals surface area (Å²) in [7, 11) is 1.57. The molecule has 0 aliphatic rings. The van der Waals surface area contributed by atoms with Crippen molar-refractivity contribution < 1.29 is 13.9 Å². The fraction of sp³-hybridized carbons (Fsp3) is 0.200. The first-order chi connectivity index (χ1) is 9.24. The Bertz CT molecular complexity index is 558. The van der Waals surface area contributed by atoms with E-state index in [0.717, 1.165) is 5.56 Å². The van der Waals surface area contributed by atoms with Gasteiger partial charge in [0.2, 0.25) is 0 Å². The van der Waals surface area contributed by atoms with Gasteiger partial charge >= 0.3 is 0 Å². The fourth-order valence-electron chi connectivity index (χ4n) is 1.80. The van der Waals surface area contributed by atoms with E-state index in [0.29, 0.717) is 24.5 Å². The summed E-state index contributed by atoms with van der Waals surface area (Å²) in [5, 5.41) is 0. The summed E-state index contributed by atoms with van der Waals surface area (Å²) >= 11 is 0. The van der Waals surface area contributed by atoms with Gasteiger partial charge in [-0.2, -0.15) is 0 Å². The monoisotopic (exact) mass is 261 g/mol. The van der Waals surface area contributed by atoms with Gasteiger partial charge in [0.05, 0.1) is 7.11 Å². The number of hydrogen-bond donors (Lipinski definition) is 1. The van der Waals surface area contributed by atoms with Crippen molar-refractivity contribution in [1.29, 1.82) is 0 Å². The Kier molecular flexibility index (Phi) is 4.36. The van der Waals surface area contributed by atoms with Gasteiger partial charge in [0, 0.05) is 6.07 Å². The second-order valence-corrected chi connectivity index (χ2v) is 4.05. The van der Waals surface area contributed by atoms with Crippen LogP contribution in [-0.4, -0.2) is 13.7 Å². The van der Waals surface area contributed by atoms with Gasteiger partial charge in [0.25, 0.3) is 0 Å². The summed E-state index contributed by atoms with van der Waals surface area (Å²) in [6.45, 7) is 0.442. The third-order valence-electron chi connectivity index (χ3n) is 2.72. The van der Waals surface area contributed by atoms with E-state index < -0.39 is 5.82 Å². The Labute approximate surface area is 111 Å². The highest BCUT2D eigenvalue weighted by molar-refractivity contribution is 5.41. The van der Waals surface area contributed by atoms with E-state index in [2.05, 4.69) is 0 Å². The van der Waals surface area contributed by atoms with E-state index in [1.165, 1.54) is 6.07 Å². The van der Waals surface area contributed by atoms with Crippen molar-refractivity contribution in [1.82, 2.24) is 0 Å². The molecule has 0 heterocycles. The minimum Gasteiger partial charge on any atom is -0.497 e. The molecule has 0 bridgehead atoms. The fourth-order valence-corrected chi connectivity index (χ4v) is 1.80. The van der Waals surface area contributed by atoms with Crippen LogP contribution in [0.2, 0.25) is 0 Å². The maximum absolute atomic E-state index is 13.8. The first-order valence-corrected chi connectivity index (χ1v) is 6.04. The summed E-state index contributed by atoms with van der Waals surface area (Å²) in [5.74, 6) is 1.02. The predicted octanol–water partition coefficient (Wildman–Crippen LogP) is 3.13. The van der Waals surface area contributed by atoms with E-state index in [-0.39, 0.29) is 5.75 Å². The maximum atomic E-state index is 13.8. The van der Waals surface area contributed by atoms with Gasteiger partial charge in [-0.1, -0.05) is 18.2 Å². The van der Waals surface area contributed by atoms with Crippen LogP contribution in [0.15, 0.2) is 42.5 Å². The average Bonchev–Trinajstić information content (AvgIpc) is 2.43. The second kappa shape index (κ2) is 6.20. The number of methoxy groups -OCH3 is 1. The second-order valence-electron chi connectivity index (χ2n) is 4.05. The van der Waals surface area contributed by atoms with Gasteiger partial charge in [0.1, 0.15) is 11.5 Å². The van der Waals surface area contributed by atoms with Gasteiger partial charge in [-0.25, -0.2) is 4.39 Å². The molecule has 0 atom stereocenters. The van der Waals surface area contributed by atoms with E-state index in [1.54, 1.807) is 37.4 Å². The topological polar surface area (TPSA) is 44.5 Å². The molecular weight excluding hydrogens is 245 g/mol. The molecule has 100 valence electrons. The minimum absolute atomic E-state index is 0.223. The molecule has 0 saturated heterocycles. The summed E-state index contributed by atoms with van der Waals surface area (Å²) in [5.41, 5.74) is 6.28. The number of halogens is 1. The lowest BCUT2D eigenvalue weighted by atomic mass is 10.1. The Morgan fingerprint density at radius 3 is 2.58 bits per heavy atom. The number of benzene rings is 2. The van der Waals surface area contributed by atoms with E-state index in [4.69, 9.17) is 15.2 Å². The molecule has 0 saturated carbocycles. The van der Waals surface area contributed by atoms with E-state index in [1.807, 2.05) is 6.07 Å². The van der Waals surface area contributed by atoms with E-state index >= 15 is 0 Å². The number of rotatable bonds is 5. The molecule has 0 fully saturated rings. The molecule has 0 aromatic heterocycles. The Balaban J connectivity index is 2.31. The first kappa shape index (κ1) is 13.4. The molecule has 2 rings (SSSR count). The molecule has 3 nitrogen and oxygen atoms in total. The lowest BCUT2D eigenvalue weighted by Gasteiger charge is -2.12. The van der Waals surface area contributed by atoms with Crippen molar-refractivity contribution >= 4 is 0 Å². The van der Waals surface area contributed by atoms with Crippen molar-refractivity contribution in [3.05, 3.63) is 53.8 Å². The van der Waals surface area contributed by atoms with Gasteiger partial charge < -0.3 is 15.2 Å². The average molecular weight is 261 g/mol. The number of nitrogens with two attached hydrogens (primary N) is 1. The highest BCUT2D eigenvalue weighted by Crippen LogP contribution is 2.30. The summed E-state index contributed by atoms with van der Waals surface area (Å²) in [6, 6.07) is 11.9. The highest BCUT2D eigenvalue weighted by Gasteiger charge is 2.10. The lowest BCUT2D eigenvalue weighted by molar-refractivity contribution is 0.404. The zero-order valence-corrected chi connectivity index (χ0v) is 10.7. The Morgan fingerprint density at radius 2 is 1.84 bits per heavy atom. The summed E-state index contributed by atoms with van der Waals surface area (Å²) in [4.78, 5) is 0. The molecular formula is C15H16FNO2. The highest BCUT2D eigenvalue weighted by atomic mass is 19.1. The standard InChI is InChI=1S/C15H16FNO2/c1-18-12-5-3-6-13(10-12)19-15-11(8-9-17)4-2-7-14(15)16/h2-7,10H,8-9,17H2,1H3. The molecule has 0 spiro atoms. The lowest BCUT2D eigenvalue weighted by Crippen LogP contribution is -2.05. The van der Waals surface area contributed by atoms with Gasteiger partial charge in [-0.05, 0) is 36.7 Å². The van der Waals surface area contributed by atoms with Crippen LogP contribution in [0.1, 0.15) is 5.56 Å². The van der Waals surface area contributed by atoms with Crippen LogP contribution < -0.4 is 15.2 Å². The normalized spacial score (nSPS) is 10.3. The van der Waals surface area contributed by atoms with Crippen molar-refractivity contribution in [2.75, 3.05) is 13.7 Å². The van der Waals surface area contributed by atoms with Crippen LogP contribution in [0.4, 0.5) is 4.39 Å². The molecule has 0 aliphatic carbocycles. The van der Waals surface area contributed by atoms with Gasteiger partial charge in [0.15, 0.2) is 11.6 Å². The van der Waals surface area contributed by atoms with Crippen LogP contribution >= 0.6 is 0 Å². The number of para-hydroxylation sites is 1. The molecule has 0 unspecified atom stereocenters. The maximum Gasteiger partial charge on any atom is 0.166 e. The van der Waals surface area contributed by atoms with Gasteiger partial charge in [-0.15, -0.1) is 0 Å². The smallest absolute Gasteiger partial charge is 0.166 e. The Hall–Kier alpha value is -2.07.